The fourth-order valence-corrected chi connectivity index (χ4v) is 6.66. The molecule has 2 aliphatic rings. The van der Waals surface area contributed by atoms with Crippen molar-refractivity contribution in [2.75, 3.05) is 36.1 Å². The summed E-state index contributed by atoms with van der Waals surface area (Å²) in [5.41, 5.74) is 4.59. The number of likely N-dealkylation sites (N-methyl/N-ethyl adjacent to an activating group) is 2. The average molecular weight is 578 g/mol. The quantitative estimate of drug-likeness (QED) is 0.287. The number of benzene rings is 3. The van der Waals surface area contributed by atoms with Crippen LogP contribution in [0.2, 0.25) is 0 Å². The molecule has 0 saturated carbocycles. The number of carbonyl (C=O) groups is 2. The zero-order valence-electron chi connectivity index (χ0n) is 22.2. The summed E-state index contributed by atoms with van der Waals surface area (Å²) >= 11 is 3.70. The molecule has 0 bridgehead atoms. The molecule has 7 heteroatoms. The van der Waals surface area contributed by atoms with Gasteiger partial charge in [0.25, 0.3) is 0 Å². The highest BCUT2D eigenvalue weighted by Gasteiger charge is 2.51. The minimum atomic E-state index is -0.524. The third kappa shape index (κ3) is 4.17. The number of nitrogens with zero attached hydrogens (tertiary/aromatic N) is 2. The maximum Gasteiger partial charge on any atom is 0.235 e. The number of fused-ring (bicyclic) bond motifs is 2. The number of para-hydroxylation sites is 2. The lowest BCUT2D eigenvalue weighted by Crippen LogP contribution is -2.36. The molecule has 0 spiro atoms. The summed E-state index contributed by atoms with van der Waals surface area (Å²) in [6.45, 7) is 9.91. The molecule has 5 rings (SSSR count). The monoisotopic (exact) mass is 576 g/mol. The number of ether oxygens (including phenoxy) is 2. The topological polar surface area (TPSA) is 59.1 Å². The van der Waals surface area contributed by atoms with Gasteiger partial charge in [-0.05, 0) is 84.6 Å². The minimum Gasteiger partial charge on any atom is -0.490 e. The first-order chi connectivity index (χ1) is 18.5. The van der Waals surface area contributed by atoms with Crippen LogP contribution in [-0.2, 0) is 9.59 Å². The Labute approximate surface area is 232 Å². The number of amides is 2. The van der Waals surface area contributed by atoms with E-state index in [1.54, 1.807) is 0 Å². The molecule has 2 heterocycles. The van der Waals surface area contributed by atoms with Gasteiger partial charge in [0, 0.05) is 30.4 Å². The predicted octanol–water partition coefficient (Wildman–Crippen LogP) is 6.63. The van der Waals surface area contributed by atoms with Gasteiger partial charge < -0.3 is 19.3 Å². The van der Waals surface area contributed by atoms with E-state index >= 15 is 0 Å². The second kappa shape index (κ2) is 10.8. The van der Waals surface area contributed by atoms with Crippen molar-refractivity contribution in [2.45, 2.75) is 45.4 Å². The second-order valence-corrected chi connectivity index (χ2v) is 10.3. The van der Waals surface area contributed by atoms with E-state index in [0.29, 0.717) is 37.8 Å². The molecule has 6 nitrogen and oxygen atoms in total. The van der Waals surface area contributed by atoms with Crippen molar-refractivity contribution in [2.24, 2.45) is 0 Å². The number of anilines is 2. The molecular formula is C31H33BrN2O4. The van der Waals surface area contributed by atoms with Gasteiger partial charge in [-0.15, -0.1) is 0 Å². The minimum absolute atomic E-state index is 0.0156. The maximum atomic E-state index is 14.1. The van der Waals surface area contributed by atoms with Gasteiger partial charge >= 0.3 is 0 Å². The number of hydrogen-bond acceptors (Lipinski definition) is 4. The van der Waals surface area contributed by atoms with Crippen LogP contribution in [0.1, 0.15) is 62.1 Å². The summed E-state index contributed by atoms with van der Waals surface area (Å²) in [5, 5.41) is 0. The van der Waals surface area contributed by atoms with E-state index in [1.807, 2.05) is 98.2 Å². The van der Waals surface area contributed by atoms with Crippen LogP contribution in [0.15, 0.2) is 65.1 Å². The second-order valence-electron chi connectivity index (χ2n) is 9.46. The first kappa shape index (κ1) is 26.3. The molecule has 0 fully saturated rings. The molecular weight excluding hydrogens is 544 g/mol. The number of halogens is 1. The van der Waals surface area contributed by atoms with E-state index in [0.717, 1.165) is 32.5 Å². The van der Waals surface area contributed by atoms with E-state index in [9.17, 15) is 9.59 Å². The van der Waals surface area contributed by atoms with Gasteiger partial charge in [-0.2, -0.15) is 0 Å². The van der Waals surface area contributed by atoms with Crippen LogP contribution in [0.5, 0.6) is 11.5 Å². The average Bonchev–Trinajstić information content (AvgIpc) is 3.36. The highest BCUT2D eigenvalue weighted by atomic mass is 79.9. The first-order valence-corrected chi connectivity index (χ1v) is 14.2. The maximum absolute atomic E-state index is 14.1. The largest absolute Gasteiger partial charge is 0.490 e. The van der Waals surface area contributed by atoms with Gasteiger partial charge in [0.15, 0.2) is 11.5 Å². The molecule has 2 aliphatic heterocycles. The molecule has 0 unspecified atom stereocenters. The van der Waals surface area contributed by atoms with Crippen LogP contribution in [0.3, 0.4) is 0 Å². The fourth-order valence-electron chi connectivity index (χ4n) is 6.08. The Morgan fingerprint density at radius 2 is 1.26 bits per heavy atom. The molecule has 3 aromatic rings. The van der Waals surface area contributed by atoms with Gasteiger partial charge in [0.05, 0.1) is 29.5 Å². The summed E-state index contributed by atoms with van der Waals surface area (Å²) in [5.74, 6) is -0.242. The number of hydrogen-bond donors (Lipinski definition) is 0. The molecule has 38 heavy (non-hydrogen) atoms. The summed E-state index contributed by atoms with van der Waals surface area (Å²) in [7, 11) is 0. The van der Waals surface area contributed by atoms with E-state index in [-0.39, 0.29) is 11.8 Å². The smallest absolute Gasteiger partial charge is 0.235 e. The molecule has 2 amide bonds. The standard InChI is InChI=1S/C31H33BrN2O4/c1-5-33-23-15-11-9-13-20(23)27(30(33)35)26(19-17-22(32)29(38-8-4)25(18-19)37-7-3)28-21-14-10-12-16-24(21)34(6-2)31(28)36/h9-18,26-28H,5-8H2,1-4H3/t27-,28-/m0/s1. The predicted molar refractivity (Wildman–Crippen MR) is 154 cm³/mol. The summed E-state index contributed by atoms with van der Waals surface area (Å²) in [6, 6.07) is 19.9. The lowest BCUT2D eigenvalue weighted by Gasteiger charge is -2.30. The number of rotatable bonds is 9. The summed E-state index contributed by atoms with van der Waals surface area (Å²) in [4.78, 5) is 31.9. The van der Waals surface area contributed by atoms with E-state index < -0.39 is 17.8 Å². The van der Waals surface area contributed by atoms with Gasteiger partial charge in [-0.25, -0.2) is 0 Å². The van der Waals surface area contributed by atoms with E-state index in [2.05, 4.69) is 15.9 Å². The number of carbonyl (C=O) groups excluding carboxylic acids is 2. The molecule has 198 valence electrons. The van der Waals surface area contributed by atoms with Crippen molar-refractivity contribution in [3.63, 3.8) is 0 Å². The Bertz CT molecular complexity index is 1300. The molecule has 0 aliphatic carbocycles. The third-order valence-corrected chi connectivity index (χ3v) is 8.13. The molecule has 0 radical (unpaired) electrons. The lowest BCUT2D eigenvalue weighted by molar-refractivity contribution is -0.121. The zero-order chi connectivity index (χ0) is 27.0. The van der Waals surface area contributed by atoms with Crippen molar-refractivity contribution in [1.82, 2.24) is 0 Å². The van der Waals surface area contributed by atoms with Crippen LogP contribution in [0.25, 0.3) is 0 Å². The van der Waals surface area contributed by atoms with Crippen LogP contribution >= 0.6 is 15.9 Å². The van der Waals surface area contributed by atoms with Crippen molar-refractivity contribution in [3.8, 4) is 11.5 Å². The van der Waals surface area contributed by atoms with Crippen LogP contribution in [0, 0.1) is 0 Å². The van der Waals surface area contributed by atoms with Gasteiger partial charge in [-0.3, -0.25) is 9.59 Å². The normalized spacial score (nSPS) is 18.3. The Balaban J connectivity index is 1.77. The first-order valence-electron chi connectivity index (χ1n) is 13.4. The lowest BCUT2D eigenvalue weighted by atomic mass is 9.72. The highest BCUT2D eigenvalue weighted by Crippen LogP contribution is 2.55. The third-order valence-electron chi connectivity index (χ3n) is 7.55. The molecule has 0 N–H and O–H groups in total. The fraction of sp³-hybridized carbons (Fsp3) is 0.355. The van der Waals surface area contributed by atoms with Crippen molar-refractivity contribution in [3.05, 3.63) is 81.8 Å². The Morgan fingerprint density at radius 1 is 0.763 bits per heavy atom. The molecule has 3 aromatic carbocycles. The van der Waals surface area contributed by atoms with Crippen molar-refractivity contribution >= 4 is 39.1 Å². The van der Waals surface area contributed by atoms with Gasteiger partial charge in [0.1, 0.15) is 0 Å². The Hall–Kier alpha value is -3.32. The van der Waals surface area contributed by atoms with Crippen LogP contribution in [-0.4, -0.2) is 38.1 Å². The van der Waals surface area contributed by atoms with Gasteiger partial charge in [-0.1, -0.05) is 36.4 Å². The van der Waals surface area contributed by atoms with Crippen LogP contribution in [0.4, 0.5) is 11.4 Å². The van der Waals surface area contributed by atoms with Crippen molar-refractivity contribution in [1.29, 1.82) is 0 Å². The Morgan fingerprint density at radius 3 is 1.74 bits per heavy atom. The summed E-state index contributed by atoms with van der Waals surface area (Å²) < 4.78 is 12.7. The van der Waals surface area contributed by atoms with Crippen LogP contribution < -0.4 is 19.3 Å². The van der Waals surface area contributed by atoms with E-state index in [4.69, 9.17) is 9.47 Å². The van der Waals surface area contributed by atoms with Crippen molar-refractivity contribution < 1.29 is 19.1 Å². The van der Waals surface area contributed by atoms with E-state index in [1.165, 1.54) is 0 Å². The summed E-state index contributed by atoms with van der Waals surface area (Å²) in [6.07, 6.45) is 0. The molecule has 0 aromatic heterocycles. The van der Waals surface area contributed by atoms with Gasteiger partial charge in [0.2, 0.25) is 11.8 Å². The highest BCUT2D eigenvalue weighted by molar-refractivity contribution is 9.10. The SMILES string of the molecule is CCOc1cc(C([C@H]2C(=O)N(CC)c3ccccc32)[C@H]2C(=O)N(CC)c3ccccc32)cc(Br)c1OCC. The molecule has 0 saturated heterocycles. The zero-order valence-corrected chi connectivity index (χ0v) is 23.8. The Kier molecular flexibility index (Phi) is 7.48. The molecule has 2 atom stereocenters.